The number of rotatable bonds is 10. The van der Waals surface area contributed by atoms with Gasteiger partial charge in [0, 0.05) is 31.0 Å². The summed E-state index contributed by atoms with van der Waals surface area (Å²) < 4.78 is 11.7. The number of aliphatic hydroxyl groups excluding tert-OH is 1. The van der Waals surface area contributed by atoms with Crippen LogP contribution in [0.1, 0.15) is 34.0 Å². The topological polar surface area (TPSA) is 112 Å². The fourth-order valence-electron chi connectivity index (χ4n) is 4.46. The number of anilines is 3. The number of hydrogen-bond donors (Lipinski definition) is 4. The van der Waals surface area contributed by atoms with Crippen molar-refractivity contribution in [2.45, 2.75) is 32.6 Å². The Morgan fingerprint density at radius 2 is 1.82 bits per heavy atom. The molecule has 4 N–H and O–H groups in total. The Balaban J connectivity index is 1.57. The highest BCUT2D eigenvalue weighted by molar-refractivity contribution is 6.11. The maximum atomic E-state index is 13.5. The molecule has 1 heterocycles. The van der Waals surface area contributed by atoms with E-state index in [0.717, 1.165) is 23.2 Å². The van der Waals surface area contributed by atoms with E-state index in [4.69, 9.17) is 9.47 Å². The van der Waals surface area contributed by atoms with Crippen molar-refractivity contribution in [3.8, 4) is 11.5 Å². The van der Waals surface area contributed by atoms with Crippen LogP contribution in [-0.2, 0) is 24.4 Å². The van der Waals surface area contributed by atoms with Crippen LogP contribution in [0, 0.1) is 0 Å². The fourth-order valence-corrected chi connectivity index (χ4v) is 4.46. The summed E-state index contributed by atoms with van der Waals surface area (Å²) in [5, 5.41) is 18.6. The van der Waals surface area contributed by atoms with Gasteiger partial charge in [-0.2, -0.15) is 0 Å². The van der Waals surface area contributed by atoms with Crippen LogP contribution in [0.15, 0.2) is 54.6 Å². The second kappa shape index (κ2) is 12.0. The molecule has 38 heavy (non-hydrogen) atoms. The van der Waals surface area contributed by atoms with E-state index in [9.17, 15) is 14.7 Å². The van der Waals surface area contributed by atoms with Crippen molar-refractivity contribution in [2.75, 3.05) is 43.3 Å². The highest BCUT2D eigenvalue weighted by Gasteiger charge is 2.28. The van der Waals surface area contributed by atoms with Gasteiger partial charge in [-0.25, -0.2) is 0 Å². The van der Waals surface area contributed by atoms with Crippen LogP contribution in [0.25, 0.3) is 0 Å². The van der Waals surface area contributed by atoms with Crippen molar-refractivity contribution in [3.05, 3.63) is 76.9 Å². The van der Waals surface area contributed by atoms with Crippen LogP contribution < -0.4 is 30.3 Å². The molecule has 1 atom stereocenters. The van der Waals surface area contributed by atoms with Gasteiger partial charge in [-0.1, -0.05) is 18.2 Å². The molecule has 9 heteroatoms. The largest absolute Gasteiger partial charge is 0.493 e. The Bertz CT molecular complexity index is 1330. The number of fused-ring (bicyclic) bond motifs is 1. The Morgan fingerprint density at radius 3 is 2.53 bits per heavy atom. The van der Waals surface area contributed by atoms with E-state index >= 15 is 0 Å². The van der Waals surface area contributed by atoms with Gasteiger partial charge < -0.3 is 35.4 Å². The average molecular weight is 519 g/mol. The number of para-hydroxylation sites is 1. The van der Waals surface area contributed by atoms with Crippen molar-refractivity contribution in [1.29, 1.82) is 0 Å². The standard InChI is InChI=1S/C29H34N4O5/c1-18(30-2)28(35)32-22-12-19(16-34)11-20(13-22)17-38-27-15-24(31-3)23(14-26(27)37-4)29(36)33-10-9-21-7-5-6-8-25(21)33/h5-8,11-15,18,30-31,34H,9-10,16-17H2,1-4H3,(H,32,35)/t18-/m0/s1. The van der Waals surface area contributed by atoms with Crippen LogP contribution in [0.4, 0.5) is 17.1 Å². The maximum Gasteiger partial charge on any atom is 0.260 e. The highest BCUT2D eigenvalue weighted by Crippen LogP contribution is 2.37. The molecule has 3 aromatic rings. The van der Waals surface area contributed by atoms with Gasteiger partial charge in [0.2, 0.25) is 5.91 Å². The third-order valence-corrected chi connectivity index (χ3v) is 6.66. The van der Waals surface area contributed by atoms with E-state index in [1.54, 1.807) is 50.2 Å². The summed E-state index contributed by atoms with van der Waals surface area (Å²) >= 11 is 0. The normalized spacial score (nSPS) is 13.0. The summed E-state index contributed by atoms with van der Waals surface area (Å²) in [5.41, 5.74) is 5.15. The molecule has 0 saturated heterocycles. The molecule has 1 aliphatic heterocycles. The van der Waals surface area contributed by atoms with Crippen LogP contribution in [0.5, 0.6) is 11.5 Å². The molecule has 0 bridgehead atoms. The zero-order valence-corrected chi connectivity index (χ0v) is 22.1. The van der Waals surface area contributed by atoms with Gasteiger partial charge in [0.05, 0.1) is 31.0 Å². The minimum Gasteiger partial charge on any atom is -0.493 e. The van der Waals surface area contributed by atoms with Crippen LogP contribution >= 0.6 is 0 Å². The molecule has 0 radical (unpaired) electrons. The van der Waals surface area contributed by atoms with Gasteiger partial charge in [0.25, 0.3) is 5.91 Å². The molecule has 0 saturated carbocycles. The smallest absolute Gasteiger partial charge is 0.260 e. The number of hydrogen-bond acceptors (Lipinski definition) is 7. The zero-order chi connectivity index (χ0) is 27.2. The molecule has 4 rings (SSSR count). The van der Waals surface area contributed by atoms with Crippen molar-refractivity contribution in [1.82, 2.24) is 5.32 Å². The van der Waals surface area contributed by atoms with Crippen molar-refractivity contribution in [3.63, 3.8) is 0 Å². The lowest BCUT2D eigenvalue weighted by atomic mass is 10.1. The second-order valence-corrected chi connectivity index (χ2v) is 9.12. The first kappa shape index (κ1) is 27.0. The molecule has 9 nitrogen and oxygen atoms in total. The molecule has 0 aromatic heterocycles. The number of likely N-dealkylation sites (N-methyl/N-ethyl adjacent to an activating group) is 1. The van der Waals surface area contributed by atoms with E-state index in [1.165, 1.54) is 7.11 Å². The van der Waals surface area contributed by atoms with Gasteiger partial charge in [-0.15, -0.1) is 0 Å². The van der Waals surface area contributed by atoms with E-state index in [-0.39, 0.29) is 31.1 Å². The lowest BCUT2D eigenvalue weighted by Gasteiger charge is -2.21. The number of aliphatic hydroxyl groups is 1. The van der Waals surface area contributed by atoms with Crippen molar-refractivity contribution in [2.24, 2.45) is 0 Å². The molecule has 1 aliphatic rings. The SMILES string of the molecule is CNc1cc(OCc2cc(CO)cc(NC(=O)[C@H](C)NC)c2)c(OC)cc1C(=O)N1CCc2ccccc21. The molecule has 0 fully saturated rings. The molecular weight excluding hydrogens is 484 g/mol. The minimum atomic E-state index is -0.369. The molecular formula is C29H34N4O5. The maximum absolute atomic E-state index is 13.5. The van der Waals surface area contributed by atoms with Crippen molar-refractivity contribution < 1.29 is 24.2 Å². The molecule has 200 valence electrons. The fraction of sp³-hybridized carbons (Fsp3) is 0.310. The summed E-state index contributed by atoms with van der Waals surface area (Å²) in [7, 11) is 5.00. The lowest BCUT2D eigenvalue weighted by molar-refractivity contribution is -0.117. The van der Waals surface area contributed by atoms with Crippen molar-refractivity contribution >= 4 is 28.9 Å². The molecule has 0 aliphatic carbocycles. The first-order chi connectivity index (χ1) is 18.4. The number of methoxy groups -OCH3 is 1. The zero-order valence-electron chi connectivity index (χ0n) is 22.1. The van der Waals surface area contributed by atoms with Gasteiger partial charge >= 0.3 is 0 Å². The Labute approximate surface area is 222 Å². The number of carbonyl (C=O) groups excluding carboxylic acids is 2. The average Bonchev–Trinajstić information content (AvgIpc) is 3.38. The van der Waals surface area contributed by atoms with E-state index < -0.39 is 0 Å². The van der Waals surface area contributed by atoms with E-state index in [1.807, 2.05) is 30.3 Å². The molecule has 0 spiro atoms. The van der Waals surface area contributed by atoms with E-state index in [2.05, 4.69) is 16.0 Å². The minimum absolute atomic E-state index is 0.115. The van der Waals surface area contributed by atoms with Gasteiger partial charge in [-0.05, 0) is 67.4 Å². The van der Waals surface area contributed by atoms with Gasteiger partial charge in [0.1, 0.15) is 6.61 Å². The summed E-state index contributed by atoms with van der Waals surface area (Å²) in [5.74, 6) is 0.583. The van der Waals surface area contributed by atoms with E-state index in [0.29, 0.717) is 40.5 Å². The second-order valence-electron chi connectivity index (χ2n) is 9.12. The van der Waals surface area contributed by atoms with Crippen LogP contribution in [0.3, 0.4) is 0 Å². The van der Waals surface area contributed by atoms with Gasteiger partial charge in [0.15, 0.2) is 11.5 Å². The summed E-state index contributed by atoms with van der Waals surface area (Å²) in [6, 6.07) is 16.3. The highest BCUT2D eigenvalue weighted by atomic mass is 16.5. The third kappa shape index (κ3) is 5.74. The van der Waals surface area contributed by atoms with Crippen LogP contribution in [-0.4, -0.2) is 50.7 Å². The van der Waals surface area contributed by atoms with Crippen LogP contribution in [0.2, 0.25) is 0 Å². The summed E-state index contributed by atoms with van der Waals surface area (Å²) in [4.78, 5) is 27.6. The molecule has 2 amide bonds. The number of carbonyl (C=O) groups is 2. The monoisotopic (exact) mass is 518 g/mol. The Morgan fingerprint density at radius 1 is 1.05 bits per heavy atom. The number of nitrogens with zero attached hydrogens (tertiary/aromatic N) is 1. The predicted octanol–water partition coefficient (Wildman–Crippen LogP) is 3.56. The first-order valence-electron chi connectivity index (χ1n) is 12.5. The quantitative estimate of drug-likeness (QED) is 0.325. The predicted molar refractivity (Wildman–Crippen MR) is 148 cm³/mol. The molecule has 0 unspecified atom stereocenters. The number of amides is 2. The number of ether oxygens (including phenoxy) is 2. The molecule has 3 aromatic carbocycles. The lowest BCUT2D eigenvalue weighted by Crippen LogP contribution is -2.35. The first-order valence-corrected chi connectivity index (χ1v) is 12.5. The summed E-state index contributed by atoms with van der Waals surface area (Å²) in [6.07, 6.45) is 0.818. The number of nitrogens with one attached hydrogen (secondary N) is 3. The third-order valence-electron chi connectivity index (χ3n) is 6.66. The Hall–Kier alpha value is -4.08. The Kier molecular flexibility index (Phi) is 8.50. The van der Waals surface area contributed by atoms with Gasteiger partial charge in [-0.3, -0.25) is 9.59 Å². The number of benzene rings is 3. The summed E-state index contributed by atoms with van der Waals surface area (Å²) in [6.45, 7) is 2.36.